The molecule has 0 heterocycles. The first-order valence-corrected chi connectivity index (χ1v) is 6.87. The highest BCUT2D eigenvalue weighted by Gasteiger charge is 2.15. The third kappa shape index (κ3) is 4.31. The smallest absolute Gasteiger partial charge is 0.428 e. The van der Waals surface area contributed by atoms with Crippen molar-refractivity contribution in [3.05, 3.63) is 48.0 Å². The van der Waals surface area contributed by atoms with E-state index >= 15 is 0 Å². The van der Waals surface area contributed by atoms with Crippen LogP contribution in [0, 0.1) is 0 Å². The van der Waals surface area contributed by atoms with E-state index in [1.54, 1.807) is 0 Å². The second kappa shape index (κ2) is 5.95. The molecule has 0 radical (unpaired) electrons. The minimum atomic E-state index is -0.553. The zero-order valence-electron chi connectivity index (χ0n) is 12.8. The molecule has 0 spiro atoms. The highest BCUT2D eigenvalue weighted by Crippen LogP contribution is 2.16. The van der Waals surface area contributed by atoms with E-state index in [4.69, 9.17) is 4.74 Å². The van der Waals surface area contributed by atoms with Gasteiger partial charge in [-0.15, -0.1) is 0 Å². The van der Waals surface area contributed by atoms with Gasteiger partial charge in [0.15, 0.2) is 0 Å². The highest BCUT2D eigenvalue weighted by molar-refractivity contribution is 6.02. The minimum Gasteiger partial charge on any atom is -0.443 e. The fourth-order valence-corrected chi connectivity index (χ4v) is 1.91. The van der Waals surface area contributed by atoms with Crippen molar-refractivity contribution in [3.8, 4) is 0 Å². The molecule has 0 aliphatic rings. The zero-order chi connectivity index (χ0) is 15.5. The Balaban J connectivity index is 2.12. The summed E-state index contributed by atoms with van der Waals surface area (Å²) in [6.45, 7) is 7.28. The number of rotatable bonds is 2. The van der Waals surface area contributed by atoms with Crippen molar-refractivity contribution in [2.45, 2.75) is 33.3 Å². The number of ether oxygens (including phenoxy) is 1. The normalized spacial score (nSPS) is 12.3. The number of benzene rings is 2. The fourth-order valence-electron chi connectivity index (χ4n) is 1.91. The van der Waals surface area contributed by atoms with Gasteiger partial charge in [0.25, 0.3) is 0 Å². The lowest BCUT2D eigenvalue weighted by molar-refractivity contribution is 0.0529. The Morgan fingerprint density at radius 2 is 1.76 bits per heavy atom. The van der Waals surface area contributed by atoms with Crippen LogP contribution >= 0.6 is 0 Å². The molecule has 21 heavy (non-hydrogen) atoms. The second-order valence-electron chi connectivity index (χ2n) is 5.87. The molecule has 0 aromatic heterocycles. The molecular weight excluding hydrogens is 264 g/mol. The van der Waals surface area contributed by atoms with Crippen LogP contribution in [-0.2, 0) is 4.74 Å². The molecule has 1 N–H and O–H groups in total. The van der Waals surface area contributed by atoms with Crippen molar-refractivity contribution in [1.29, 1.82) is 0 Å². The number of nitrogens with one attached hydrogen (secondary N) is 1. The number of fused-ring (bicyclic) bond motifs is 1. The lowest BCUT2D eigenvalue weighted by atomic mass is 10.0. The summed E-state index contributed by atoms with van der Waals surface area (Å²) in [5.74, 6) is 0. The van der Waals surface area contributed by atoms with E-state index in [0.29, 0.717) is 0 Å². The Morgan fingerprint density at radius 1 is 1.10 bits per heavy atom. The fraction of sp³-hybridized carbons (Fsp3) is 0.294. The molecule has 2 aromatic carbocycles. The number of nitrogens with zero attached hydrogens (tertiary/aromatic N) is 1. The monoisotopic (exact) mass is 284 g/mol. The van der Waals surface area contributed by atoms with E-state index in [9.17, 15) is 4.79 Å². The van der Waals surface area contributed by atoms with Gasteiger partial charge in [0.1, 0.15) is 5.60 Å². The van der Waals surface area contributed by atoms with Crippen LogP contribution in [0.2, 0.25) is 0 Å². The van der Waals surface area contributed by atoms with E-state index in [1.807, 2.05) is 64.1 Å². The Labute approximate surface area is 124 Å². The average Bonchev–Trinajstić information content (AvgIpc) is 2.42. The first-order valence-electron chi connectivity index (χ1n) is 6.87. The molecule has 110 valence electrons. The molecule has 1 amide bonds. The van der Waals surface area contributed by atoms with Gasteiger partial charge in [-0.25, -0.2) is 10.2 Å². The quantitative estimate of drug-likeness (QED) is 0.667. The minimum absolute atomic E-state index is 0.531. The van der Waals surface area contributed by atoms with Crippen molar-refractivity contribution in [2.24, 2.45) is 5.10 Å². The highest BCUT2D eigenvalue weighted by atomic mass is 16.6. The van der Waals surface area contributed by atoms with Crippen LogP contribution in [-0.4, -0.2) is 17.4 Å². The van der Waals surface area contributed by atoms with Crippen LogP contribution < -0.4 is 5.43 Å². The van der Waals surface area contributed by atoms with Gasteiger partial charge in [-0.3, -0.25) is 0 Å². The summed E-state index contributed by atoms with van der Waals surface area (Å²) in [6, 6.07) is 14.2. The molecule has 4 nitrogen and oxygen atoms in total. The lowest BCUT2D eigenvalue weighted by Gasteiger charge is -2.18. The van der Waals surface area contributed by atoms with Gasteiger partial charge in [0.2, 0.25) is 0 Å². The van der Waals surface area contributed by atoms with Gasteiger partial charge in [0.05, 0.1) is 5.71 Å². The molecule has 0 fully saturated rings. The molecule has 2 rings (SSSR count). The van der Waals surface area contributed by atoms with Crippen molar-refractivity contribution in [1.82, 2.24) is 5.43 Å². The van der Waals surface area contributed by atoms with E-state index in [1.165, 1.54) is 5.39 Å². The zero-order valence-corrected chi connectivity index (χ0v) is 12.8. The number of hydrogen-bond donors (Lipinski definition) is 1. The van der Waals surface area contributed by atoms with Gasteiger partial charge >= 0.3 is 6.09 Å². The van der Waals surface area contributed by atoms with Crippen molar-refractivity contribution < 1.29 is 9.53 Å². The predicted molar refractivity (Wildman–Crippen MR) is 85.5 cm³/mol. The van der Waals surface area contributed by atoms with Crippen LogP contribution in [0.3, 0.4) is 0 Å². The second-order valence-corrected chi connectivity index (χ2v) is 5.87. The lowest BCUT2D eigenvalue weighted by Crippen LogP contribution is -2.30. The van der Waals surface area contributed by atoms with E-state index < -0.39 is 11.7 Å². The van der Waals surface area contributed by atoms with Crippen molar-refractivity contribution in [3.63, 3.8) is 0 Å². The van der Waals surface area contributed by atoms with Crippen molar-refractivity contribution in [2.75, 3.05) is 0 Å². The molecule has 0 atom stereocenters. The Bertz CT molecular complexity index is 684. The Hall–Kier alpha value is -2.36. The maximum Gasteiger partial charge on any atom is 0.428 e. The van der Waals surface area contributed by atoms with Gasteiger partial charge in [-0.1, -0.05) is 36.4 Å². The number of amides is 1. The standard InChI is InChI=1S/C17H20N2O2/c1-12(18-19-16(20)21-17(2,3)4)14-10-9-13-7-5-6-8-15(13)11-14/h5-11H,1-4H3,(H,19,20)/b18-12-. The summed E-state index contributed by atoms with van der Waals surface area (Å²) in [5, 5.41) is 6.39. The maximum absolute atomic E-state index is 11.6. The largest absolute Gasteiger partial charge is 0.443 e. The molecule has 0 aliphatic carbocycles. The Kier molecular flexibility index (Phi) is 4.26. The van der Waals surface area contributed by atoms with E-state index in [2.05, 4.69) is 16.6 Å². The molecule has 4 heteroatoms. The number of hydrogen-bond acceptors (Lipinski definition) is 3. The summed E-state index contributed by atoms with van der Waals surface area (Å²) in [5.41, 5.74) is 3.57. The van der Waals surface area contributed by atoms with E-state index in [-0.39, 0.29) is 0 Å². The third-order valence-corrected chi connectivity index (χ3v) is 2.88. The third-order valence-electron chi connectivity index (χ3n) is 2.88. The van der Waals surface area contributed by atoms with E-state index in [0.717, 1.165) is 16.7 Å². The Morgan fingerprint density at radius 3 is 2.43 bits per heavy atom. The van der Waals surface area contributed by atoms with Gasteiger partial charge < -0.3 is 4.74 Å². The summed E-state index contributed by atoms with van der Waals surface area (Å²) in [6.07, 6.45) is -0.553. The molecule has 0 aliphatic heterocycles. The topological polar surface area (TPSA) is 50.7 Å². The van der Waals surface area contributed by atoms with Crippen LogP contribution in [0.15, 0.2) is 47.6 Å². The van der Waals surface area contributed by atoms with Gasteiger partial charge in [-0.05, 0) is 50.1 Å². The summed E-state index contributed by atoms with van der Waals surface area (Å²) >= 11 is 0. The van der Waals surface area contributed by atoms with Crippen LogP contribution in [0.1, 0.15) is 33.3 Å². The van der Waals surface area contributed by atoms with Gasteiger partial charge in [0, 0.05) is 0 Å². The van der Waals surface area contributed by atoms with Crippen LogP contribution in [0.4, 0.5) is 4.79 Å². The first kappa shape index (κ1) is 15.0. The number of carbonyl (C=O) groups is 1. The maximum atomic E-state index is 11.6. The molecule has 0 bridgehead atoms. The molecule has 0 saturated heterocycles. The van der Waals surface area contributed by atoms with Gasteiger partial charge in [-0.2, -0.15) is 5.10 Å². The molecule has 0 saturated carbocycles. The first-order chi connectivity index (χ1) is 9.85. The summed E-state index contributed by atoms with van der Waals surface area (Å²) in [4.78, 5) is 11.6. The average molecular weight is 284 g/mol. The van der Waals surface area contributed by atoms with Crippen LogP contribution in [0.25, 0.3) is 10.8 Å². The molecule has 0 unspecified atom stereocenters. The number of carbonyl (C=O) groups excluding carboxylic acids is 1. The van der Waals surface area contributed by atoms with Crippen molar-refractivity contribution >= 4 is 22.6 Å². The summed E-state index contributed by atoms with van der Waals surface area (Å²) < 4.78 is 5.14. The number of hydrazone groups is 1. The SMILES string of the molecule is C/C(=N/NC(=O)OC(C)(C)C)c1ccc2ccccc2c1. The molecular formula is C17H20N2O2. The summed E-state index contributed by atoms with van der Waals surface area (Å²) in [7, 11) is 0. The van der Waals surface area contributed by atoms with Crippen LogP contribution in [0.5, 0.6) is 0 Å². The predicted octanol–water partition coefficient (Wildman–Crippen LogP) is 4.09. The molecule has 2 aromatic rings.